The topological polar surface area (TPSA) is 105 Å². The largest absolute Gasteiger partial charge is 0.495 e. The van der Waals surface area contributed by atoms with Gasteiger partial charge in [0.05, 0.1) is 25.3 Å². The summed E-state index contributed by atoms with van der Waals surface area (Å²) in [5, 5.41) is 11.1. The van der Waals surface area contributed by atoms with Crippen LogP contribution >= 0.6 is 0 Å². The molecule has 1 aromatic rings. The number of rotatable bonds is 8. The zero-order valence-corrected chi connectivity index (χ0v) is 14.3. The highest BCUT2D eigenvalue weighted by Gasteiger charge is 2.36. The number of amides is 2. The minimum atomic E-state index is -1.06. The average molecular weight is 350 g/mol. The lowest BCUT2D eigenvalue weighted by Crippen LogP contribution is -2.35. The van der Waals surface area contributed by atoms with Gasteiger partial charge in [-0.05, 0) is 24.6 Å². The molecule has 8 heteroatoms. The highest BCUT2D eigenvalue weighted by molar-refractivity contribution is 6.01. The number of hydrogen-bond acceptors (Lipinski definition) is 5. The van der Waals surface area contributed by atoms with Crippen molar-refractivity contribution in [1.29, 1.82) is 0 Å². The normalized spacial score (nSPS) is 16.8. The summed E-state index contributed by atoms with van der Waals surface area (Å²) < 4.78 is 10.2. The van der Waals surface area contributed by atoms with Crippen LogP contribution in [0, 0.1) is 12.8 Å². The second kappa shape index (κ2) is 8.48. The van der Waals surface area contributed by atoms with Crippen molar-refractivity contribution >= 4 is 23.5 Å². The van der Waals surface area contributed by atoms with E-state index in [9.17, 15) is 14.4 Å². The van der Waals surface area contributed by atoms with Crippen LogP contribution in [-0.4, -0.2) is 56.3 Å². The molecule has 2 rings (SSSR count). The van der Waals surface area contributed by atoms with E-state index < -0.39 is 18.5 Å². The molecule has 8 nitrogen and oxygen atoms in total. The molecule has 1 saturated heterocycles. The van der Waals surface area contributed by atoms with Gasteiger partial charge >= 0.3 is 5.97 Å². The Hall–Kier alpha value is -2.61. The van der Waals surface area contributed by atoms with Crippen LogP contribution in [0.3, 0.4) is 0 Å². The van der Waals surface area contributed by atoms with Crippen LogP contribution in [-0.2, 0) is 19.1 Å². The summed E-state index contributed by atoms with van der Waals surface area (Å²) in [5.41, 5.74) is 1.65. The van der Waals surface area contributed by atoms with Crippen LogP contribution in [0.25, 0.3) is 0 Å². The van der Waals surface area contributed by atoms with Crippen molar-refractivity contribution in [2.24, 2.45) is 5.92 Å². The smallest absolute Gasteiger partial charge is 0.329 e. The van der Waals surface area contributed by atoms with Crippen molar-refractivity contribution in [3.05, 3.63) is 23.8 Å². The quantitative estimate of drug-likeness (QED) is 0.664. The van der Waals surface area contributed by atoms with Gasteiger partial charge in [-0.25, -0.2) is 4.79 Å². The first kappa shape index (κ1) is 18.7. The predicted molar refractivity (Wildman–Crippen MR) is 89.7 cm³/mol. The molecule has 0 radical (unpaired) electrons. The highest BCUT2D eigenvalue weighted by atomic mass is 16.5. The first-order chi connectivity index (χ1) is 11.9. The molecular weight excluding hydrogens is 328 g/mol. The fourth-order valence-corrected chi connectivity index (χ4v) is 2.68. The van der Waals surface area contributed by atoms with E-state index in [2.05, 4.69) is 5.32 Å². The minimum Gasteiger partial charge on any atom is -0.495 e. The molecule has 1 aromatic carbocycles. The van der Waals surface area contributed by atoms with E-state index in [4.69, 9.17) is 14.6 Å². The summed E-state index contributed by atoms with van der Waals surface area (Å²) in [4.78, 5) is 36.4. The molecular formula is C17H22N2O6. The minimum absolute atomic E-state index is 0.105. The lowest BCUT2D eigenvalue weighted by molar-refractivity contribution is -0.142. The van der Waals surface area contributed by atoms with Crippen molar-refractivity contribution in [3.8, 4) is 5.75 Å². The number of carboxylic acids is 1. The highest BCUT2D eigenvalue weighted by Crippen LogP contribution is 2.33. The number of methoxy groups -OCH3 is 1. The predicted octanol–water partition coefficient (Wildman–Crippen LogP) is 0.574. The maximum atomic E-state index is 12.3. The average Bonchev–Trinajstić information content (AvgIpc) is 2.96. The van der Waals surface area contributed by atoms with Crippen molar-refractivity contribution in [2.75, 3.05) is 38.3 Å². The van der Waals surface area contributed by atoms with E-state index in [-0.39, 0.29) is 37.9 Å². The van der Waals surface area contributed by atoms with Gasteiger partial charge in [0.25, 0.3) is 0 Å². The van der Waals surface area contributed by atoms with Crippen LogP contribution < -0.4 is 15.0 Å². The molecule has 1 fully saturated rings. The summed E-state index contributed by atoms with van der Waals surface area (Å²) in [6, 6.07) is 5.55. The second-order valence-corrected chi connectivity index (χ2v) is 5.82. The van der Waals surface area contributed by atoms with Crippen molar-refractivity contribution in [1.82, 2.24) is 5.32 Å². The van der Waals surface area contributed by atoms with E-state index in [1.54, 1.807) is 11.0 Å². The van der Waals surface area contributed by atoms with Crippen molar-refractivity contribution < 1.29 is 29.0 Å². The number of carbonyl (C=O) groups is 3. The number of nitrogens with one attached hydrogen (secondary N) is 1. The van der Waals surface area contributed by atoms with Gasteiger partial charge in [0.15, 0.2) is 0 Å². The fourth-order valence-electron chi connectivity index (χ4n) is 2.68. The molecule has 0 aliphatic carbocycles. The Morgan fingerprint density at radius 2 is 2.16 bits per heavy atom. The van der Waals surface area contributed by atoms with Gasteiger partial charge in [-0.2, -0.15) is 0 Å². The maximum Gasteiger partial charge on any atom is 0.329 e. The van der Waals surface area contributed by atoms with Crippen LogP contribution in [0.5, 0.6) is 5.75 Å². The van der Waals surface area contributed by atoms with E-state index in [0.29, 0.717) is 11.4 Å². The van der Waals surface area contributed by atoms with Crippen LogP contribution in [0.15, 0.2) is 18.2 Å². The fraction of sp³-hybridized carbons (Fsp3) is 0.471. The molecule has 1 atom stereocenters. The van der Waals surface area contributed by atoms with E-state index in [1.165, 1.54) is 7.11 Å². The third-order valence-electron chi connectivity index (χ3n) is 3.89. The molecule has 0 bridgehead atoms. The second-order valence-electron chi connectivity index (χ2n) is 5.82. The number of hydrogen-bond donors (Lipinski definition) is 2. The first-order valence-corrected chi connectivity index (χ1v) is 7.94. The summed E-state index contributed by atoms with van der Waals surface area (Å²) in [6.45, 7) is 2.10. The zero-order chi connectivity index (χ0) is 18.4. The van der Waals surface area contributed by atoms with Gasteiger partial charge in [-0.1, -0.05) is 6.07 Å². The number of carboxylic acid groups (broad SMARTS) is 1. The third kappa shape index (κ3) is 4.93. The number of anilines is 1. The molecule has 1 aliphatic rings. The number of aryl methyl sites for hydroxylation is 1. The first-order valence-electron chi connectivity index (χ1n) is 7.94. The zero-order valence-electron chi connectivity index (χ0n) is 14.3. The number of aliphatic carboxylic acids is 1. The Labute approximate surface area is 145 Å². The van der Waals surface area contributed by atoms with Gasteiger partial charge in [-0.15, -0.1) is 0 Å². The lowest BCUT2D eigenvalue weighted by atomic mass is 10.1. The van der Waals surface area contributed by atoms with Crippen LogP contribution in [0.4, 0.5) is 5.69 Å². The molecule has 1 heterocycles. The Bertz CT molecular complexity index is 661. The molecule has 25 heavy (non-hydrogen) atoms. The number of benzene rings is 1. The Morgan fingerprint density at radius 3 is 2.84 bits per heavy atom. The van der Waals surface area contributed by atoms with E-state index in [1.807, 2.05) is 19.1 Å². The summed E-state index contributed by atoms with van der Waals surface area (Å²) >= 11 is 0. The van der Waals surface area contributed by atoms with Gasteiger partial charge < -0.3 is 24.8 Å². The SMILES string of the molecule is COc1ccc(C)cc1N1CC(C(=O)NCCOCC(=O)O)CC1=O. The Kier molecular flexibility index (Phi) is 6.35. The van der Waals surface area contributed by atoms with Gasteiger partial charge in [0, 0.05) is 19.5 Å². The Balaban J connectivity index is 1.92. The number of ether oxygens (including phenoxy) is 2. The summed E-state index contributed by atoms with van der Waals surface area (Å²) in [5.74, 6) is -1.32. The molecule has 2 N–H and O–H groups in total. The maximum absolute atomic E-state index is 12.3. The van der Waals surface area contributed by atoms with Crippen molar-refractivity contribution in [2.45, 2.75) is 13.3 Å². The molecule has 1 unspecified atom stereocenters. The van der Waals surface area contributed by atoms with Crippen LogP contribution in [0.2, 0.25) is 0 Å². The lowest BCUT2D eigenvalue weighted by Gasteiger charge is -2.20. The van der Waals surface area contributed by atoms with E-state index >= 15 is 0 Å². The van der Waals surface area contributed by atoms with Gasteiger partial charge in [-0.3, -0.25) is 9.59 Å². The molecule has 2 amide bonds. The standard InChI is InChI=1S/C17H22N2O6/c1-11-3-4-14(24-2)13(7-11)19-9-12(8-15(19)20)17(23)18-5-6-25-10-16(21)22/h3-4,7,12H,5-6,8-10H2,1-2H3,(H,18,23)(H,21,22). The van der Waals surface area contributed by atoms with E-state index in [0.717, 1.165) is 5.56 Å². The van der Waals surface area contributed by atoms with Crippen molar-refractivity contribution in [3.63, 3.8) is 0 Å². The molecule has 1 aliphatic heterocycles. The molecule has 0 aromatic heterocycles. The Morgan fingerprint density at radius 1 is 1.40 bits per heavy atom. The summed E-state index contributed by atoms with van der Waals surface area (Å²) in [6.07, 6.45) is 0.124. The molecule has 0 spiro atoms. The summed E-state index contributed by atoms with van der Waals surface area (Å²) in [7, 11) is 1.54. The van der Waals surface area contributed by atoms with Crippen LogP contribution in [0.1, 0.15) is 12.0 Å². The molecule has 136 valence electrons. The number of carbonyl (C=O) groups excluding carboxylic acids is 2. The van der Waals surface area contributed by atoms with Gasteiger partial charge in [0.1, 0.15) is 12.4 Å². The van der Waals surface area contributed by atoms with Gasteiger partial charge in [0.2, 0.25) is 11.8 Å². The third-order valence-corrected chi connectivity index (χ3v) is 3.89. The monoisotopic (exact) mass is 350 g/mol. The number of nitrogens with zero attached hydrogens (tertiary/aromatic N) is 1. The molecule has 0 saturated carbocycles.